The van der Waals surface area contributed by atoms with Gasteiger partial charge in [-0.1, -0.05) is 19.9 Å². The van der Waals surface area contributed by atoms with Gasteiger partial charge in [-0.3, -0.25) is 4.98 Å². The van der Waals surface area contributed by atoms with Crippen LogP contribution in [0.4, 0.5) is 4.39 Å². The molecule has 0 N–H and O–H groups in total. The van der Waals surface area contributed by atoms with E-state index in [0.717, 1.165) is 17.7 Å². The van der Waals surface area contributed by atoms with Crippen LogP contribution in [0.15, 0.2) is 30.7 Å². The molecule has 4 heteroatoms. The van der Waals surface area contributed by atoms with Crippen molar-refractivity contribution < 1.29 is 4.39 Å². The van der Waals surface area contributed by atoms with Crippen molar-refractivity contribution in [1.82, 2.24) is 15.0 Å². The molecule has 0 aliphatic heterocycles. The lowest BCUT2D eigenvalue weighted by Crippen LogP contribution is -2.06. The van der Waals surface area contributed by atoms with E-state index in [1.54, 1.807) is 0 Å². The second-order valence-corrected chi connectivity index (χ2v) is 5.06. The summed E-state index contributed by atoms with van der Waals surface area (Å²) >= 11 is 0. The Labute approximate surface area is 113 Å². The van der Waals surface area contributed by atoms with Crippen LogP contribution in [0.25, 0.3) is 0 Å². The van der Waals surface area contributed by atoms with Crippen LogP contribution in [0.3, 0.4) is 0 Å². The Morgan fingerprint density at radius 2 is 1.68 bits per heavy atom. The Morgan fingerprint density at radius 1 is 1.00 bits per heavy atom. The van der Waals surface area contributed by atoms with Crippen molar-refractivity contribution in [2.24, 2.45) is 0 Å². The molecule has 0 fully saturated rings. The Hall–Kier alpha value is -1.84. The number of pyridine rings is 1. The average molecular weight is 259 g/mol. The highest BCUT2D eigenvalue weighted by atomic mass is 19.1. The van der Waals surface area contributed by atoms with Gasteiger partial charge < -0.3 is 0 Å². The van der Waals surface area contributed by atoms with Crippen LogP contribution in [-0.4, -0.2) is 15.0 Å². The fraction of sp³-hybridized carbons (Fsp3) is 0.400. The third-order valence-corrected chi connectivity index (χ3v) is 3.23. The van der Waals surface area contributed by atoms with E-state index < -0.39 is 5.82 Å². The predicted molar refractivity (Wildman–Crippen MR) is 72.4 cm³/mol. The number of aromatic nitrogens is 3. The Morgan fingerprint density at radius 3 is 2.26 bits per heavy atom. The first-order valence-electron chi connectivity index (χ1n) is 6.46. The molecular formula is C15H18FN3. The summed E-state index contributed by atoms with van der Waals surface area (Å²) < 4.78 is 12.8. The molecule has 2 heterocycles. The normalized spacial score (nSPS) is 14.1. The fourth-order valence-electron chi connectivity index (χ4n) is 2.10. The van der Waals surface area contributed by atoms with Crippen LogP contribution in [0.5, 0.6) is 0 Å². The van der Waals surface area contributed by atoms with E-state index >= 15 is 0 Å². The second kappa shape index (κ2) is 5.87. The van der Waals surface area contributed by atoms with E-state index in [1.165, 1.54) is 12.4 Å². The lowest BCUT2D eigenvalue weighted by molar-refractivity contribution is 0.547. The van der Waals surface area contributed by atoms with Gasteiger partial charge >= 0.3 is 0 Å². The largest absolute Gasteiger partial charge is 0.261 e. The maximum absolute atomic E-state index is 12.8. The summed E-state index contributed by atoms with van der Waals surface area (Å²) in [4.78, 5) is 12.5. The van der Waals surface area contributed by atoms with Crippen LogP contribution >= 0.6 is 0 Å². The van der Waals surface area contributed by atoms with Crippen LogP contribution in [-0.2, 0) is 0 Å². The van der Waals surface area contributed by atoms with Crippen LogP contribution in [0.2, 0.25) is 0 Å². The standard InChI is InChI=1S/C15H18FN3/c1-10-4-5-14(17-7-10)11(2)6-12(3)15-18-8-13(16)9-19-15/h4-5,7-9,11-12H,6H2,1-3H3. The zero-order chi connectivity index (χ0) is 13.8. The summed E-state index contributed by atoms with van der Waals surface area (Å²) in [6.07, 6.45) is 5.20. The number of halogens is 1. The minimum absolute atomic E-state index is 0.179. The molecule has 0 amide bonds. The molecule has 2 aromatic heterocycles. The molecule has 0 spiro atoms. The molecule has 3 nitrogen and oxygen atoms in total. The first-order chi connectivity index (χ1) is 9.06. The van der Waals surface area contributed by atoms with Gasteiger partial charge in [-0.05, 0) is 30.9 Å². The molecule has 0 aliphatic carbocycles. The van der Waals surface area contributed by atoms with Gasteiger partial charge in [-0.15, -0.1) is 0 Å². The van der Waals surface area contributed by atoms with Gasteiger partial charge in [0.1, 0.15) is 5.82 Å². The van der Waals surface area contributed by atoms with Crippen molar-refractivity contribution in [1.29, 1.82) is 0 Å². The van der Waals surface area contributed by atoms with Crippen LogP contribution < -0.4 is 0 Å². The third kappa shape index (κ3) is 3.56. The Balaban J connectivity index is 2.03. The minimum Gasteiger partial charge on any atom is -0.261 e. The van der Waals surface area contributed by atoms with E-state index in [-0.39, 0.29) is 5.92 Å². The molecule has 2 aromatic rings. The summed E-state index contributed by atoms with van der Waals surface area (Å²) in [5.74, 6) is 0.785. The molecule has 100 valence electrons. The smallest absolute Gasteiger partial charge is 0.159 e. The van der Waals surface area contributed by atoms with E-state index in [2.05, 4.69) is 40.9 Å². The van der Waals surface area contributed by atoms with Gasteiger partial charge in [0, 0.05) is 17.8 Å². The molecule has 0 bridgehead atoms. The summed E-state index contributed by atoms with van der Waals surface area (Å²) in [6.45, 7) is 6.21. The zero-order valence-electron chi connectivity index (χ0n) is 11.5. The van der Waals surface area contributed by atoms with E-state index in [0.29, 0.717) is 11.7 Å². The Kier molecular flexibility index (Phi) is 4.20. The highest BCUT2D eigenvalue weighted by Crippen LogP contribution is 2.26. The first kappa shape index (κ1) is 13.6. The number of hydrogen-bond acceptors (Lipinski definition) is 3. The Bertz CT molecular complexity index is 473. The topological polar surface area (TPSA) is 38.7 Å². The molecule has 19 heavy (non-hydrogen) atoms. The molecule has 2 unspecified atom stereocenters. The van der Waals surface area contributed by atoms with E-state index in [9.17, 15) is 4.39 Å². The highest BCUT2D eigenvalue weighted by Gasteiger charge is 2.15. The number of aryl methyl sites for hydroxylation is 1. The third-order valence-electron chi connectivity index (χ3n) is 3.23. The van der Waals surface area contributed by atoms with E-state index in [4.69, 9.17) is 0 Å². The summed E-state index contributed by atoms with van der Waals surface area (Å²) in [5.41, 5.74) is 2.23. The maximum atomic E-state index is 12.8. The van der Waals surface area contributed by atoms with Crippen LogP contribution in [0, 0.1) is 12.7 Å². The molecule has 0 saturated heterocycles. The van der Waals surface area contributed by atoms with Crippen molar-refractivity contribution in [2.75, 3.05) is 0 Å². The van der Waals surface area contributed by atoms with Crippen molar-refractivity contribution in [3.8, 4) is 0 Å². The number of hydrogen-bond donors (Lipinski definition) is 0. The quantitative estimate of drug-likeness (QED) is 0.841. The fourth-order valence-corrected chi connectivity index (χ4v) is 2.10. The SMILES string of the molecule is Cc1ccc(C(C)CC(C)c2ncc(F)cn2)nc1. The molecule has 0 aromatic carbocycles. The van der Waals surface area contributed by atoms with Crippen molar-refractivity contribution in [3.63, 3.8) is 0 Å². The summed E-state index contributed by atoms with van der Waals surface area (Å²) in [7, 11) is 0. The number of rotatable bonds is 4. The molecule has 0 radical (unpaired) electrons. The molecule has 0 saturated carbocycles. The molecule has 2 rings (SSSR count). The second-order valence-electron chi connectivity index (χ2n) is 5.06. The van der Waals surface area contributed by atoms with Gasteiger partial charge in [0.2, 0.25) is 0 Å². The van der Waals surface area contributed by atoms with Gasteiger partial charge in [0.15, 0.2) is 5.82 Å². The first-order valence-corrected chi connectivity index (χ1v) is 6.46. The monoisotopic (exact) mass is 259 g/mol. The minimum atomic E-state index is -0.399. The molecular weight excluding hydrogens is 241 g/mol. The van der Waals surface area contributed by atoms with Crippen LogP contribution in [0.1, 0.15) is 49.2 Å². The summed E-state index contributed by atoms with van der Waals surface area (Å²) in [6, 6.07) is 4.12. The molecule has 0 aliphatic rings. The lowest BCUT2D eigenvalue weighted by Gasteiger charge is -2.15. The van der Waals surface area contributed by atoms with Gasteiger partial charge in [0.05, 0.1) is 12.4 Å². The van der Waals surface area contributed by atoms with Crippen molar-refractivity contribution in [3.05, 3.63) is 53.6 Å². The zero-order valence-corrected chi connectivity index (χ0v) is 11.5. The number of nitrogens with zero attached hydrogens (tertiary/aromatic N) is 3. The van der Waals surface area contributed by atoms with Crippen molar-refractivity contribution in [2.45, 2.75) is 39.0 Å². The molecule has 2 atom stereocenters. The van der Waals surface area contributed by atoms with Crippen molar-refractivity contribution >= 4 is 0 Å². The van der Waals surface area contributed by atoms with Gasteiger partial charge in [-0.2, -0.15) is 0 Å². The lowest BCUT2D eigenvalue weighted by atomic mass is 9.93. The van der Waals surface area contributed by atoms with Gasteiger partial charge in [0.25, 0.3) is 0 Å². The predicted octanol–water partition coefficient (Wildman–Crippen LogP) is 3.62. The highest BCUT2D eigenvalue weighted by molar-refractivity contribution is 5.15. The average Bonchev–Trinajstić information content (AvgIpc) is 2.40. The van der Waals surface area contributed by atoms with Gasteiger partial charge in [-0.25, -0.2) is 14.4 Å². The van der Waals surface area contributed by atoms with E-state index in [1.807, 2.05) is 13.1 Å². The summed E-state index contributed by atoms with van der Waals surface area (Å²) in [5, 5.41) is 0. The maximum Gasteiger partial charge on any atom is 0.159 e.